The van der Waals surface area contributed by atoms with Crippen molar-refractivity contribution in [1.82, 2.24) is 9.97 Å². The molecule has 0 atom stereocenters. The van der Waals surface area contributed by atoms with Crippen molar-refractivity contribution in [3.8, 4) is 11.8 Å². The van der Waals surface area contributed by atoms with E-state index in [0.29, 0.717) is 5.56 Å². The zero-order valence-corrected chi connectivity index (χ0v) is 10.7. The quantitative estimate of drug-likeness (QED) is 0.622. The molecule has 0 fully saturated rings. The number of aromatic amines is 1. The summed E-state index contributed by atoms with van der Waals surface area (Å²) in [5.74, 6) is 5.82. The third-order valence-electron chi connectivity index (χ3n) is 3.01. The molecule has 21 heavy (non-hydrogen) atoms. The molecule has 0 aliphatic carbocycles. The Kier molecular flexibility index (Phi) is 3.15. The molecule has 1 N–H and O–H groups in total. The first-order valence-electron chi connectivity index (χ1n) is 6.15. The molecule has 3 rings (SSSR count). The van der Waals surface area contributed by atoms with Gasteiger partial charge in [-0.15, -0.1) is 0 Å². The largest absolute Gasteiger partial charge is 0.416 e. The van der Waals surface area contributed by atoms with E-state index in [-0.39, 0.29) is 0 Å². The molecule has 0 bridgehead atoms. The topological polar surface area (TPSA) is 28.7 Å². The highest BCUT2D eigenvalue weighted by atomic mass is 19.4. The molecule has 2 heterocycles. The van der Waals surface area contributed by atoms with Crippen LogP contribution in [0, 0.1) is 11.8 Å². The van der Waals surface area contributed by atoms with E-state index in [1.165, 1.54) is 12.1 Å². The molecule has 0 aliphatic heterocycles. The first-order valence-corrected chi connectivity index (χ1v) is 6.15. The number of nitrogens with one attached hydrogen (secondary N) is 1. The average molecular weight is 286 g/mol. The fourth-order valence-electron chi connectivity index (χ4n) is 1.95. The van der Waals surface area contributed by atoms with Crippen LogP contribution in [0.3, 0.4) is 0 Å². The molecular weight excluding hydrogens is 277 g/mol. The third-order valence-corrected chi connectivity index (χ3v) is 3.01. The third kappa shape index (κ3) is 2.75. The molecule has 0 spiro atoms. The SMILES string of the molecule is FC(F)(F)c1ccc(C#Cc2ccnc3[nH]ccc23)cc1. The predicted octanol–water partition coefficient (Wildman–Crippen LogP) is 3.98. The molecule has 2 nitrogen and oxygen atoms in total. The van der Waals surface area contributed by atoms with E-state index in [4.69, 9.17) is 0 Å². The van der Waals surface area contributed by atoms with Crippen LogP contribution < -0.4 is 0 Å². The number of alkyl halides is 3. The Morgan fingerprint density at radius 3 is 2.43 bits per heavy atom. The number of rotatable bonds is 0. The first-order chi connectivity index (χ1) is 10.0. The van der Waals surface area contributed by atoms with Gasteiger partial charge in [0.2, 0.25) is 0 Å². The molecule has 0 saturated carbocycles. The Labute approximate surface area is 118 Å². The second-order valence-corrected chi connectivity index (χ2v) is 4.42. The fourth-order valence-corrected chi connectivity index (χ4v) is 1.95. The lowest BCUT2D eigenvalue weighted by Gasteiger charge is -2.05. The van der Waals surface area contributed by atoms with Crippen LogP contribution in [-0.2, 0) is 6.18 Å². The van der Waals surface area contributed by atoms with Crippen molar-refractivity contribution in [2.45, 2.75) is 6.18 Å². The van der Waals surface area contributed by atoms with Crippen molar-refractivity contribution in [3.05, 3.63) is 65.5 Å². The van der Waals surface area contributed by atoms with Crippen molar-refractivity contribution in [1.29, 1.82) is 0 Å². The number of nitrogens with zero attached hydrogens (tertiary/aromatic N) is 1. The number of pyridine rings is 1. The second-order valence-electron chi connectivity index (χ2n) is 4.42. The Bertz CT molecular complexity index is 834. The molecule has 0 radical (unpaired) electrons. The van der Waals surface area contributed by atoms with E-state index in [9.17, 15) is 13.2 Å². The summed E-state index contributed by atoms with van der Waals surface area (Å²) in [6.07, 6.45) is -0.926. The summed E-state index contributed by atoms with van der Waals surface area (Å²) < 4.78 is 37.4. The predicted molar refractivity (Wildman–Crippen MR) is 73.5 cm³/mol. The minimum absolute atomic E-state index is 0.531. The minimum Gasteiger partial charge on any atom is -0.346 e. The molecule has 1 aromatic carbocycles. The highest BCUT2D eigenvalue weighted by Gasteiger charge is 2.29. The van der Waals surface area contributed by atoms with Crippen molar-refractivity contribution in [2.24, 2.45) is 0 Å². The molecule has 3 aromatic rings. The number of fused-ring (bicyclic) bond motifs is 1. The van der Waals surface area contributed by atoms with Crippen LogP contribution in [0.5, 0.6) is 0 Å². The van der Waals surface area contributed by atoms with E-state index in [2.05, 4.69) is 21.8 Å². The van der Waals surface area contributed by atoms with E-state index in [0.717, 1.165) is 28.7 Å². The number of halogens is 3. The summed E-state index contributed by atoms with van der Waals surface area (Å²) >= 11 is 0. The van der Waals surface area contributed by atoms with E-state index >= 15 is 0 Å². The van der Waals surface area contributed by atoms with Crippen LogP contribution in [-0.4, -0.2) is 9.97 Å². The van der Waals surface area contributed by atoms with Crippen LogP contribution in [0.4, 0.5) is 13.2 Å². The summed E-state index contributed by atoms with van der Waals surface area (Å²) in [6.45, 7) is 0. The zero-order chi connectivity index (χ0) is 14.9. The van der Waals surface area contributed by atoms with Gasteiger partial charge in [0.05, 0.1) is 5.56 Å². The maximum Gasteiger partial charge on any atom is 0.416 e. The highest BCUT2D eigenvalue weighted by Crippen LogP contribution is 2.28. The number of aromatic nitrogens is 2. The minimum atomic E-state index is -4.33. The van der Waals surface area contributed by atoms with Gasteiger partial charge in [0.15, 0.2) is 0 Å². The van der Waals surface area contributed by atoms with Crippen LogP contribution in [0.2, 0.25) is 0 Å². The van der Waals surface area contributed by atoms with Gasteiger partial charge in [0.25, 0.3) is 0 Å². The normalized spacial score (nSPS) is 11.2. The molecule has 5 heteroatoms. The lowest BCUT2D eigenvalue weighted by atomic mass is 10.1. The Hall–Kier alpha value is -2.74. The van der Waals surface area contributed by atoms with Gasteiger partial charge >= 0.3 is 6.18 Å². The van der Waals surface area contributed by atoms with Gasteiger partial charge in [-0.05, 0) is 36.4 Å². The number of hydrogen-bond donors (Lipinski definition) is 1. The maximum atomic E-state index is 12.5. The highest BCUT2D eigenvalue weighted by molar-refractivity contribution is 5.82. The fraction of sp³-hybridized carbons (Fsp3) is 0.0625. The summed E-state index contributed by atoms with van der Waals surface area (Å²) in [5, 5.41) is 0.886. The number of hydrogen-bond acceptors (Lipinski definition) is 1. The Balaban J connectivity index is 1.93. The average Bonchev–Trinajstić information content (AvgIpc) is 2.93. The lowest BCUT2D eigenvalue weighted by Crippen LogP contribution is -2.04. The zero-order valence-electron chi connectivity index (χ0n) is 10.7. The van der Waals surface area contributed by atoms with Crippen LogP contribution in [0.15, 0.2) is 48.8 Å². The summed E-state index contributed by atoms with van der Waals surface area (Å²) in [6, 6.07) is 8.42. The maximum absolute atomic E-state index is 12.5. The van der Waals surface area contributed by atoms with E-state index in [1.807, 2.05) is 6.07 Å². The van der Waals surface area contributed by atoms with Gasteiger partial charge < -0.3 is 4.98 Å². The first kappa shape index (κ1) is 13.3. The van der Waals surface area contributed by atoms with Crippen molar-refractivity contribution in [2.75, 3.05) is 0 Å². The molecule has 0 unspecified atom stereocenters. The molecule has 0 aliphatic rings. The molecule has 104 valence electrons. The molecule has 0 saturated heterocycles. The molecule has 2 aromatic heterocycles. The smallest absolute Gasteiger partial charge is 0.346 e. The standard InChI is InChI=1S/C16H9F3N2/c17-16(18,19)13-5-2-11(3-6-13)1-4-12-7-9-20-15-14(12)8-10-21-15/h2-3,5-10H,(H,20,21). The Morgan fingerprint density at radius 2 is 1.71 bits per heavy atom. The van der Waals surface area contributed by atoms with Gasteiger partial charge in [-0.2, -0.15) is 13.2 Å². The van der Waals surface area contributed by atoms with Crippen LogP contribution in [0.25, 0.3) is 11.0 Å². The molecule has 0 amide bonds. The van der Waals surface area contributed by atoms with Crippen LogP contribution in [0.1, 0.15) is 16.7 Å². The summed E-state index contributed by atoms with van der Waals surface area (Å²) in [7, 11) is 0. The summed E-state index contributed by atoms with van der Waals surface area (Å²) in [4.78, 5) is 7.13. The van der Waals surface area contributed by atoms with Crippen molar-refractivity contribution in [3.63, 3.8) is 0 Å². The van der Waals surface area contributed by atoms with Gasteiger partial charge in [0.1, 0.15) is 5.65 Å². The van der Waals surface area contributed by atoms with Gasteiger partial charge in [-0.3, -0.25) is 0 Å². The second kappa shape index (κ2) is 4.98. The van der Waals surface area contributed by atoms with E-state index in [1.54, 1.807) is 18.5 Å². The van der Waals surface area contributed by atoms with Crippen molar-refractivity contribution >= 4 is 11.0 Å². The van der Waals surface area contributed by atoms with Gasteiger partial charge in [-0.1, -0.05) is 11.8 Å². The van der Waals surface area contributed by atoms with Gasteiger partial charge in [-0.25, -0.2) is 4.98 Å². The van der Waals surface area contributed by atoms with Crippen LogP contribution >= 0.6 is 0 Å². The summed E-state index contributed by atoms with van der Waals surface area (Å²) in [5.41, 5.74) is 1.36. The number of H-pyrrole nitrogens is 1. The van der Waals surface area contributed by atoms with Crippen molar-refractivity contribution < 1.29 is 13.2 Å². The number of benzene rings is 1. The van der Waals surface area contributed by atoms with E-state index < -0.39 is 11.7 Å². The Morgan fingerprint density at radius 1 is 0.952 bits per heavy atom. The lowest BCUT2D eigenvalue weighted by molar-refractivity contribution is -0.137. The molecular formula is C16H9F3N2. The van der Waals surface area contributed by atoms with Gasteiger partial charge in [0, 0.05) is 28.9 Å². The monoisotopic (exact) mass is 286 g/mol.